The molecule has 1 N–H and O–H groups in total. The van der Waals surface area contributed by atoms with E-state index in [1.807, 2.05) is 0 Å². The maximum absolute atomic E-state index is 5.81. The van der Waals surface area contributed by atoms with Gasteiger partial charge in [0.2, 0.25) is 0 Å². The molecule has 68 valence electrons. The molecule has 2 bridgehead atoms. The molecule has 0 amide bonds. The Morgan fingerprint density at radius 1 is 1.00 bits per heavy atom. The number of ether oxygens (including phenoxy) is 2. The Morgan fingerprint density at radius 3 is 2.17 bits per heavy atom. The fourth-order valence-electron chi connectivity index (χ4n) is 2.97. The lowest BCUT2D eigenvalue weighted by atomic mass is 9.92. The molecule has 2 saturated heterocycles. The SMILES string of the molecule is C1COC2(O1)C1CCC2CNC1. The summed E-state index contributed by atoms with van der Waals surface area (Å²) in [4.78, 5) is 0. The van der Waals surface area contributed by atoms with Crippen molar-refractivity contribution in [2.75, 3.05) is 26.3 Å². The third-order valence-electron chi connectivity index (χ3n) is 3.52. The van der Waals surface area contributed by atoms with Crippen molar-refractivity contribution in [3.63, 3.8) is 0 Å². The lowest BCUT2D eigenvalue weighted by Gasteiger charge is -2.38. The van der Waals surface area contributed by atoms with Crippen LogP contribution < -0.4 is 5.32 Å². The number of hydrogen-bond acceptors (Lipinski definition) is 3. The number of nitrogens with one attached hydrogen (secondary N) is 1. The number of piperidine rings is 1. The zero-order valence-corrected chi connectivity index (χ0v) is 7.21. The van der Waals surface area contributed by atoms with Crippen LogP contribution in [0.15, 0.2) is 0 Å². The van der Waals surface area contributed by atoms with Crippen LogP contribution in [0.2, 0.25) is 0 Å². The Labute approximate surface area is 72.4 Å². The molecule has 3 fully saturated rings. The predicted octanol–water partition coefficient (Wildman–Crippen LogP) is 0.359. The van der Waals surface area contributed by atoms with Gasteiger partial charge in [0.05, 0.1) is 13.2 Å². The quantitative estimate of drug-likeness (QED) is 0.568. The third-order valence-corrected chi connectivity index (χ3v) is 3.52. The van der Waals surface area contributed by atoms with Gasteiger partial charge in [0.25, 0.3) is 0 Å². The molecule has 1 spiro atoms. The first-order chi connectivity index (χ1) is 5.92. The first-order valence-corrected chi connectivity index (χ1v) is 4.90. The topological polar surface area (TPSA) is 30.5 Å². The highest BCUT2D eigenvalue weighted by atomic mass is 16.7. The molecule has 3 nitrogen and oxygen atoms in total. The van der Waals surface area contributed by atoms with E-state index in [-0.39, 0.29) is 5.79 Å². The van der Waals surface area contributed by atoms with E-state index in [4.69, 9.17) is 9.47 Å². The summed E-state index contributed by atoms with van der Waals surface area (Å²) in [5.41, 5.74) is 0. The molecule has 3 rings (SSSR count). The van der Waals surface area contributed by atoms with E-state index in [1.54, 1.807) is 0 Å². The molecule has 1 aliphatic carbocycles. The highest BCUT2D eigenvalue weighted by Gasteiger charge is 2.56. The van der Waals surface area contributed by atoms with Crippen LogP contribution in [0, 0.1) is 11.8 Å². The zero-order valence-electron chi connectivity index (χ0n) is 7.21. The highest BCUT2D eigenvalue weighted by Crippen LogP contribution is 2.47. The molecular formula is C9H15NO2. The Balaban J connectivity index is 1.92. The molecule has 2 atom stereocenters. The molecule has 3 aliphatic rings. The predicted molar refractivity (Wildman–Crippen MR) is 43.7 cm³/mol. The fourth-order valence-corrected chi connectivity index (χ4v) is 2.97. The van der Waals surface area contributed by atoms with Crippen molar-refractivity contribution >= 4 is 0 Å². The molecule has 0 aromatic rings. The van der Waals surface area contributed by atoms with Gasteiger partial charge >= 0.3 is 0 Å². The molecule has 2 heterocycles. The van der Waals surface area contributed by atoms with Crippen LogP contribution in [0.5, 0.6) is 0 Å². The average Bonchev–Trinajstić information content (AvgIpc) is 2.59. The minimum atomic E-state index is -0.161. The maximum atomic E-state index is 5.81. The molecule has 3 heteroatoms. The van der Waals surface area contributed by atoms with E-state index in [9.17, 15) is 0 Å². The summed E-state index contributed by atoms with van der Waals surface area (Å²) < 4.78 is 11.6. The standard InChI is InChI=1S/C9H15NO2/c1-2-8-6-10-5-7(1)9(8)11-3-4-12-9/h7-8,10H,1-6H2. The van der Waals surface area contributed by atoms with Crippen molar-refractivity contribution < 1.29 is 9.47 Å². The molecule has 2 unspecified atom stereocenters. The number of rotatable bonds is 0. The summed E-state index contributed by atoms with van der Waals surface area (Å²) in [5.74, 6) is 1.06. The largest absolute Gasteiger partial charge is 0.347 e. The zero-order chi connectivity index (χ0) is 8.02. The van der Waals surface area contributed by atoms with Crippen LogP contribution in [-0.2, 0) is 9.47 Å². The Kier molecular flexibility index (Phi) is 1.48. The molecule has 12 heavy (non-hydrogen) atoms. The van der Waals surface area contributed by atoms with E-state index in [0.717, 1.165) is 26.3 Å². The second-order valence-electron chi connectivity index (χ2n) is 4.05. The smallest absolute Gasteiger partial charge is 0.176 e. The first kappa shape index (κ1) is 7.30. The summed E-state index contributed by atoms with van der Waals surface area (Å²) >= 11 is 0. The Morgan fingerprint density at radius 2 is 1.58 bits per heavy atom. The summed E-state index contributed by atoms with van der Waals surface area (Å²) in [6.07, 6.45) is 2.55. The van der Waals surface area contributed by atoms with Gasteiger partial charge in [-0.2, -0.15) is 0 Å². The second kappa shape index (κ2) is 2.44. The summed E-state index contributed by atoms with van der Waals surface area (Å²) in [6, 6.07) is 0. The molecule has 1 saturated carbocycles. The third kappa shape index (κ3) is 0.767. The van der Waals surface area contributed by atoms with Gasteiger partial charge in [-0.3, -0.25) is 0 Å². The van der Waals surface area contributed by atoms with Crippen LogP contribution in [0.1, 0.15) is 12.8 Å². The maximum Gasteiger partial charge on any atom is 0.176 e. The minimum Gasteiger partial charge on any atom is -0.347 e. The Bertz CT molecular complexity index is 171. The van der Waals surface area contributed by atoms with E-state index < -0.39 is 0 Å². The van der Waals surface area contributed by atoms with Crippen LogP contribution >= 0.6 is 0 Å². The average molecular weight is 169 g/mol. The van der Waals surface area contributed by atoms with Crippen LogP contribution in [0.3, 0.4) is 0 Å². The van der Waals surface area contributed by atoms with Gasteiger partial charge in [-0.05, 0) is 12.8 Å². The van der Waals surface area contributed by atoms with E-state index in [2.05, 4.69) is 5.32 Å². The van der Waals surface area contributed by atoms with Gasteiger partial charge in [0.15, 0.2) is 5.79 Å². The van der Waals surface area contributed by atoms with E-state index in [1.165, 1.54) is 12.8 Å². The lowest BCUT2D eigenvalue weighted by molar-refractivity contribution is -0.216. The van der Waals surface area contributed by atoms with Crippen LogP contribution in [0.25, 0.3) is 0 Å². The van der Waals surface area contributed by atoms with Crippen molar-refractivity contribution in [2.45, 2.75) is 18.6 Å². The number of hydrogen-bond donors (Lipinski definition) is 1. The van der Waals surface area contributed by atoms with Crippen LogP contribution in [-0.4, -0.2) is 32.1 Å². The lowest BCUT2D eigenvalue weighted by Crippen LogP contribution is -2.52. The molecule has 0 aromatic carbocycles. The van der Waals surface area contributed by atoms with Gasteiger partial charge in [-0.1, -0.05) is 0 Å². The van der Waals surface area contributed by atoms with E-state index >= 15 is 0 Å². The van der Waals surface area contributed by atoms with Gasteiger partial charge in [0, 0.05) is 24.9 Å². The van der Waals surface area contributed by atoms with Crippen molar-refractivity contribution in [1.82, 2.24) is 5.32 Å². The van der Waals surface area contributed by atoms with Crippen molar-refractivity contribution in [3.8, 4) is 0 Å². The summed E-state index contributed by atoms with van der Waals surface area (Å²) in [7, 11) is 0. The van der Waals surface area contributed by atoms with Gasteiger partial charge in [-0.15, -0.1) is 0 Å². The Hall–Kier alpha value is -0.120. The minimum absolute atomic E-state index is 0.161. The normalized spacial score (nSPS) is 44.0. The molecule has 0 aromatic heterocycles. The summed E-state index contributed by atoms with van der Waals surface area (Å²) in [5, 5.41) is 3.44. The molecule has 2 aliphatic heterocycles. The summed E-state index contributed by atoms with van der Waals surface area (Å²) in [6.45, 7) is 3.76. The van der Waals surface area contributed by atoms with Gasteiger partial charge < -0.3 is 14.8 Å². The fraction of sp³-hybridized carbons (Fsp3) is 1.00. The van der Waals surface area contributed by atoms with Gasteiger partial charge in [0.1, 0.15) is 0 Å². The molecular weight excluding hydrogens is 154 g/mol. The van der Waals surface area contributed by atoms with E-state index in [0.29, 0.717) is 11.8 Å². The van der Waals surface area contributed by atoms with Crippen molar-refractivity contribution in [1.29, 1.82) is 0 Å². The monoisotopic (exact) mass is 169 g/mol. The van der Waals surface area contributed by atoms with Crippen LogP contribution in [0.4, 0.5) is 0 Å². The highest BCUT2D eigenvalue weighted by molar-refractivity contribution is 5.00. The van der Waals surface area contributed by atoms with Crippen molar-refractivity contribution in [3.05, 3.63) is 0 Å². The first-order valence-electron chi connectivity index (χ1n) is 4.90. The van der Waals surface area contributed by atoms with Gasteiger partial charge in [-0.25, -0.2) is 0 Å². The second-order valence-corrected chi connectivity index (χ2v) is 4.05. The van der Waals surface area contributed by atoms with Crippen molar-refractivity contribution in [2.24, 2.45) is 11.8 Å². The molecule has 0 radical (unpaired) electrons.